The summed E-state index contributed by atoms with van der Waals surface area (Å²) in [6.07, 6.45) is 18.3. The normalized spacial score (nSPS) is 12.6. The van der Waals surface area contributed by atoms with E-state index in [0.717, 1.165) is 42.4 Å². The van der Waals surface area contributed by atoms with E-state index in [0.29, 0.717) is 6.54 Å². The minimum absolute atomic E-state index is 0.115. The number of carbonyl (C=O) groups excluding carboxylic acids is 1. The lowest BCUT2D eigenvalue weighted by Gasteiger charge is -2.24. The Kier molecular flexibility index (Phi) is 14.8. The van der Waals surface area contributed by atoms with Crippen LogP contribution in [0.1, 0.15) is 95.1 Å². The first-order valence-corrected chi connectivity index (χ1v) is 16.1. The second-order valence-electron chi connectivity index (χ2n) is 10.5. The highest BCUT2D eigenvalue weighted by atomic mass is 32.2. The minimum Gasteiger partial charge on any atom is -0.494 e. The van der Waals surface area contributed by atoms with Crippen LogP contribution < -0.4 is 15.0 Å². The van der Waals surface area contributed by atoms with Crippen LogP contribution in [-0.2, 0) is 13.1 Å². The summed E-state index contributed by atoms with van der Waals surface area (Å²) in [4.78, 5) is 16.8. The van der Waals surface area contributed by atoms with Gasteiger partial charge in [-0.2, -0.15) is 0 Å². The zero-order valence-corrected chi connectivity index (χ0v) is 25.0. The number of anilines is 1. The van der Waals surface area contributed by atoms with Crippen LogP contribution in [-0.4, -0.2) is 30.5 Å². The van der Waals surface area contributed by atoms with E-state index in [1.807, 2.05) is 24.3 Å². The summed E-state index contributed by atoms with van der Waals surface area (Å²) in [5.41, 5.74) is 3.16. The van der Waals surface area contributed by atoms with Gasteiger partial charge in [0.05, 0.1) is 19.0 Å². The summed E-state index contributed by atoms with van der Waals surface area (Å²) < 4.78 is 5.99. The van der Waals surface area contributed by atoms with E-state index in [2.05, 4.69) is 53.0 Å². The smallest absolute Gasteiger partial charge is 0.321 e. The van der Waals surface area contributed by atoms with Crippen molar-refractivity contribution in [3.63, 3.8) is 0 Å². The van der Waals surface area contributed by atoms with Gasteiger partial charge in [0.1, 0.15) is 5.75 Å². The zero-order chi connectivity index (χ0) is 27.5. The van der Waals surface area contributed by atoms with Gasteiger partial charge < -0.3 is 15.0 Å². The molecule has 0 aromatic heterocycles. The number of unbranched alkanes of at least 4 members (excludes halogenated alkanes) is 11. The molecule has 2 amide bonds. The van der Waals surface area contributed by atoms with E-state index >= 15 is 0 Å². The first-order chi connectivity index (χ1) is 19.2. The molecule has 0 atom stereocenters. The Hall–Kier alpha value is -2.60. The third kappa shape index (κ3) is 12.0. The van der Waals surface area contributed by atoms with Crippen molar-refractivity contribution in [3.8, 4) is 5.75 Å². The molecule has 1 heterocycles. The van der Waals surface area contributed by atoms with Gasteiger partial charge in [-0.3, -0.25) is 4.90 Å². The quantitative estimate of drug-likeness (QED) is 0.177. The molecule has 0 spiro atoms. The molecule has 1 N–H and O–H groups in total. The third-order valence-electron chi connectivity index (χ3n) is 7.21. The average molecular weight is 552 g/mol. The van der Waals surface area contributed by atoms with Crippen molar-refractivity contribution in [2.24, 2.45) is 0 Å². The van der Waals surface area contributed by atoms with Gasteiger partial charge in [0.15, 0.2) is 0 Å². The number of ether oxygens (including phenoxy) is 1. The highest BCUT2D eigenvalue weighted by Gasteiger charge is 2.16. The fourth-order valence-electron chi connectivity index (χ4n) is 4.89. The van der Waals surface area contributed by atoms with Crippen molar-refractivity contribution in [1.82, 2.24) is 10.2 Å². The first-order valence-electron chi connectivity index (χ1n) is 15.0. The summed E-state index contributed by atoms with van der Waals surface area (Å²) in [6, 6.07) is 16.3. The third-order valence-corrected chi connectivity index (χ3v) is 8.00. The molecule has 2 aromatic rings. The van der Waals surface area contributed by atoms with Gasteiger partial charge in [0.25, 0.3) is 0 Å². The van der Waals surface area contributed by atoms with Crippen LogP contribution in [0.4, 0.5) is 10.5 Å². The molecular formula is C33H49N3O2S. The molecule has 1 aliphatic rings. The summed E-state index contributed by atoms with van der Waals surface area (Å²) in [5, 5.41) is 4.91. The van der Waals surface area contributed by atoms with Crippen molar-refractivity contribution in [2.75, 3.05) is 24.4 Å². The van der Waals surface area contributed by atoms with Crippen molar-refractivity contribution in [1.29, 1.82) is 0 Å². The number of thioether (sulfide) groups is 1. The Morgan fingerprint density at radius 2 is 1.56 bits per heavy atom. The number of urea groups is 1. The van der Waals surface area contributed by atoms with Crippen LogP contribution in [0.2, 0.25) is 0 Å². The second kappa shape index (κ2) is 18.6. The monoisotopic (exact) mass is 551 g/mol. The molecule has 0 saturated heterocycles. The molecule has 39 heavy (non-hydrogen) atoms. The number of amides is 2. The molecule has 0 aliphatic carbocycles. The largest absolute Gasteiger partial charge is 0.494 e. The lowest BCUT2D eigenvalue weighted by Crippen LogP contribution is -2.37. The Labute approximate surface area is 241 Å². The summed E-state index contributed by atoms with van der Waals surface area (Å²) >= 11 is 1.80. The molecule has 0 saturated carbocycles. The maximum absolute atomic E-state index is 12.8. The van der Waals surface area contributed by atoms with Crippen LogP contribution in [0.15, 0.2) is 60.1 Å². The van der Waals surface area contributed by atoms with Gasteiger partial charge in [0.2, 0.25) is 0 Å². The van der Waals surface area contributed by atoms with Crippen LogP contribution in [0.5, 0.6) is 5.75 Å². The zero-order valence-electron chi connectivity index (χ0n) is 24.2. The Morgan fingerprint density at radius 3 is 2.18 bits per heavy atom. The van der Waals surface area contributed by atoms with E-state index in [1.165, 1.54) is 76.2 Å². The first kappa shape index (κ1) is 30.9. The highest BCUT2D eigenvalue weighted by Crippen LogP contribution is 2.24. The second-order valence-corrected chi connectivity index (χ2v) is 11.4. The number of nitrogens with one attached hydrogen (secondary N) is 1. The van der Waals surface area contributed by atoms with Gasteiger partial charge in [-0.05, 0) is 47.2 Å². The highest BCUT2D eigenvalue weighted by molar-refractivity contribution is 8.02. The summed E-state index contributed by atoms with van der Waals surface area (Å²) in [7, 11) is 1.68. The van der Waals surface area contributed by atoms with E-state index in [1.54, 1.807) is 23.7 Å². The van der Waals surface area contributed by atoms with Crippen LogP contribution in [0.3, 0.4) is 0 Å². The molecule has 3 rings (SSSR count). The molecule has 5 nitrogen and oxygen atoms in total. The van der Waals surface area contributed by atoms with Gasteiger partial charge in [-0.15, -0.1) is 11.8 Å². The molecule has 2 aromatic carbocycles. The van der Waals surface area contributed by atoms with Crippen molar-refractivity contribution in [2.45, 2.75) is 97.1 Å². The molecule has 0 fully saturated rings. The Morgan fingerprint density at radius 1 is 0.897 bits per heavy atom. The molecule has 1 aliphatic heterocycles. The lowest BCUT2D eigenvalue weighted by atomic mass is 10.1. The van der Waals surface area contributed by atoms with Gasteiger partial charge >= 0.3 is 6.03 Å². The molecule has 0 radical (unpaired) electrons. The standard InChI is InChI=1S/C33H49N3O2S/c1-3-4-5-6-7-8-9-10-11-12-13-14-23-38-32-20-18-29(19-21-32)27-36(33(37)34-2)31-17-15-16-30(25-31)26-35-22-24-39-28-35/h15-22,24-25H,3-14,23,26-28H2,1-2H3,(H,34,37). The van der Waals surface area contributed by atoms with Crippen LogP contribution in [0, 0.1) is 0 Å². The number of nitrogens with zero attached hydrogens (tertiary/aromatic N) is 2. The van der Waals surface area contributed by atoms with Crippen molar-refractivity contribution in [3.05, 3.63) is 71.3 Å². The van der Waals surface area contributed by atoms with Crippen molar-refractivity contribution < 1.29 is 9.53 Å². The topological polar surface area (TPSA) is 44.8 Å². The predicted molar refractivity (Wildman–Crippen MR) is 167 cm³/mol. The molecule has 6 heteroatoms. The van der Waals surface area contributed by atoms with E-state index in [-0.39, 0.29) is 6.03 Å². The van der Waals surface area contributed by atoms with Crippen molar-refractivity contribution >= 4 is 23.5 Å². The number of hydrogen-bond acceptors (Lipinski definition) is 4. The van der Waals surface area contributed by atoms with Gasteiger partial charge in [0, 0.05) is 25.5 Å². The fourth-order valence-corrected chi connectivity index (χ4v) is 5.60. The van der Waals surface area contributed by atoms with Gasteiger partial charge in [-0.25, -0.2) is 4.79 Å². The summed E-state index contributed by atoms with van der Waals surface area (Å²) in [5.74, 6) is 1.86. The van der Waals surface area contributed by atoms with Crippen LogP contribution in [0.25, 0.3) is 0 Å². The van der Waals surface area contributed by atoms with Gasteiger partial charge in [-0.1, -0.05) is 102 Å². The SMILES string of the molecule is CCCCCCCCCCCCCCOc1ccc(CN(C(=O)NC)c2cccc(CN3C=CSC3)c2)cc1. The molecule has 0 bridgehead atoms. The molecular weight excluding hydrogens is 502 g/mol. The average Bonchev–Trinajstić information content (AvgIpc) is 3.47. The van der Waals surface area contributed by atoms with Crippen LogP contribution >= 0.6 is 11.8 Å². The Balaban J connectivity index is 1.36. The van der Waals surface area contributed by atoms with E-state index in [9.17, 15) is 4.79 Å². The number of hydrogen-bond donors (Lipinski definition) is 1. The van der Waals surface area contributed by atoms with E-state index in [4.69, 9.17) is 4.74 Å². The predicted octanol–water partition coefficient (Wildman–Crippen LogP) is 9.09. The number of rotatable bonds is 19. The molecule has 0 unspecified atom stereocenters. The Bertz CT molecular complexity index is 979. The number of carbonyl (C=O) groups is 1. The number of benzene rings is 2. The maximum Gasteiger partial charge on any atom is 0.321 e. The summed E-state index contributed by atoms with van der Waals surface area (Å²) in [6.45, 7) is 4.38. The van der Waals surface area contributed by atoms with E-state index < -0.39 is 0 Å². The molecule has 214 valence electrons. The lowest BCUT2D eigenvalue weighted by molar-refractivity contribution is 0.248. The maximum atomic E-state index is 12.8. The minimum atomic E-state index is -0.115. The fraction of sp³-hybridized carbons (Fsp3) is 0.545.